The van der Waals surface area contributed by atoms with Crippen LogP contribution in [-0.2, 0) is 4.79 Å². The second kappa shape index (κ2) is 3.22. The highest BCUT2D eigenvalue weighted by Crippen LogP contribution is 2.21. The molecule has 64 valence electrons. The number of carbonyl (C=O) groups is 1. The van der Waals surface area contributed by atoms with Crippen LogP contribution in [0.1, 0.15) is 20.3 Å². The molecule has 0 aromatic carbocycles. The minimum Gasteiger partial charge on any atom is -0.480 e. The largest absolute Gasteiger partial charge is 0.480 e. The summed E-state index contributed by atoms with van der Waals surface area (Å²) in [7, 11) is 0. The molecule has 3 heteroatoms. The minimum atomic E-state index is -0.715. The van der Waals surface area contributed by atoms with Crippen molar-refractivity contribution in [1.29, 1.82) is 0 Å². The molecule has 0 amide bonds. The first-order valence-corrected chi connectivity index (χ1v) is 4.07. The molecule has 2 N–H and O–H groups in total. The Morgan fingerprint density at radius 1 is 1.64 bits per heavy atom. The van der Waals surface area contributed by atoms with E-state index in [-0.39, 0.29) is 6.04 Å². The second-order valence-electron chi connectivity index (χ2n) is 3.54. The molecule has 0 radical (unpaired) electrons. The third kappa shape index (κ3) is 1.93. The van der Waals surface area contributed by atoms with Gasteiger partial charge in [-0.3, -0.25) is 4.79 Å². The van der Waals surface area contributed by atoms with E-state index in [2.05, 4.69) is 19.2 Å². The topological polar surface area (TPSA) is 49.3 Å². The van der Waals surface area contributed by atoms with Crippen molar-refractivity contribution < 1.29 is 9.90 Å². The van der Waals surface area contributed by atoms with Gasteiger partial charge in [0.25, 0.3) is 0 Å². The van der Waals surface area contributed by atoms with Gasteiger partial charge < -0.3 is 10.4 Å². The van der Waals surface area contributed by atoms with Crippen LogP contribution in [-0.4, -0.2) is 23.7 Å². The molecule has 1 aliphatic heterocycles. The number of rotatable bonds is 2. The zero-order chi connectivity index (χ0) is 8.43. The second-order valence-corrected chi connectivity index (χ2v) is 3.54. The van der Waals surface area contributed by atoms with Crippen LogP contribution in [0.15, 0.2) is 0 Å². The number of carboxylic acid groups (broad SMARTS) is 1. The van der Waals surface area contributed by atoms with E-state index in [1.807, 2.05) is 0 Å². The van der Waals surface area contributed by atoms with Crippen LogP contribution in [0.25, 0.3) is 0 Å². The first-order valence-electron chi connectivity index (χ1n) is 4.07. The Kier molecular flexibility index (Phi) is 2.49. The van der Waals surface area contributed by atoms with Crippen molar-refractivity contribution in [1.82, 2.24) is 5.32 Å². The Bertz CT molecular complexity index is 156. The molecule has 1 unspecified atom stereocenters. The Hall–Kier alpha value is -0.570. The van der Waals surface area contributed by atoms with Gasteiger partial charge in [0, 0.05) is 0 Å². The summed E-state index contributed by atoms with van der Waals surface area (Å²) >= 11 is 0. The number of carboxylic acids is 1. The van der Waals surface area contributed by atoms with E-state index in [1.54, 1.807) is 0 Å². The lowest BCUT2D eigenvalue weighted by Crippen LogP contribution is -2.29. The van der Waals surface area contributed by atoms with E-state index in [9.17, 15) is 4.79 Å². The summed E-state index contributed by atoms with van der Waals surface area (Å²) in [5.74, 6) is 0.413. The molecule has 1 fully saturated rings. The van der Waals surface area contributed by atoms with Gasteiger partial charge in [-0.2, -0.15) is 0 Å². The quantitative estimate of drug-likeness (QED) is 0.620. The molecule has 0 aromatic rings. The molecule has 11 heavy (non-hydrogen) atoms. The molecule has 0 saturated carbocycles. The van der Waals surface area contributed by atoms with Gasteiger partial charge in [0.15, 0.2) is 0 Å². The van der Waals surface area contributed by atoms with Gasteiger partial charge in [0.05, 0.1) is 0 Å². The van der Waals surface area contributed by atoms with Gasteiger partial charge in [-0.15, -0.1) is 0 Å². The van der Waals surface area contributed by atoms with Crippen LogP contribution < -0.4 is 5.32 Å². The molecule has 0 aromatic heterocycles. The molecule has 2 atom stereocenters. The summed E-state index contributed by atoms with van der Waals surface area (Å²) in [5, 5.41) is 11.6. The fraction of sp³-hybridized carbons (Fsp3) is 0.875. The van der Waals surface area contributed by atoms with Gasteiger partial charge in [-0.25, -0.2) is 0 Å². The summed E-state index contributed by atoms with van der Waals surface area (Å²) < 4.78 is 0. The standard InChI is InChI=1S/C8H15NO2/c1-5(2)6-3-7(8(10)11)9-4-6/h5-7,9H,3-4H2,1-2H3,(H,10,11)/t6?,7-/m0/s1. The highest BCUT2D eigenvalue weighted by atomic mass is 16.4. The third-order valence-corrected chi connectivity index (χ3v) is 2.41. The van der Waals surface area contributed by atoms with Gasteiger partial charge in [-0.1, -0.05) is 13.8 Å². The van der Waals surface area contributed by atoms with Crippen molar-refractivity contribution in [2.24, 2.45) is 11.8 Å². The molecular weight excluding hydrogens is 142 g/mol. The Balaban J connectivity index is 2.41. The normalized spacial score (nSPS) is 31.2. The summed E-state index contributed by atoms with van der Waals surface area (Å²) in [4.78, 5) is 10.5. The maximum Gasteiger partial charge on any atom is 0.320 e. The van der Waals surface area contributed by atoms with Crippen molar-refractivity contribution in [2.45, 2.75) is 26.3 Å². The predicted octanol–water partition coefficient (Wildman–Crippen LogP) is 0.705. The van der Waals surface area contributed by atoms with Crippen LogP contribution >= 0.6 is 0 Å². The van der Waals surface area contributed by atoms with E-state index < -0.39 is 5.97 Å². The maximum absolute atomic E-state index is 10.5. The van der Waals surface area contributed by atoms with Gasteiger partial charge in [0.1, 0.15) is 6.04 Å². The van der Waals surface area contributed by atoms with E-state index in [1.165, 1.54) is 0 Å². The lowest BCUT2D eigenvalue weighted by molar-refractivity contribution is -0.139. The Morgan fingerprint density at radius 2 is 2.27 bits per heavy atom. The lowest BCUT2D eigenvalue weighted by atomic mass is 9.93. The van der Waals surface area contributed by atoms with Gasteiger partial charge >= 0.3 is 5.97 Å². The fourth-order valence-corrected chi connectivity index (χ4v) is 1.46. The van der Waals surface area contributed by atoms with Crippen LogP contribution in [0.5, 0.6) is 0 Å². The third-order valence-electron chi connectivity index (χ3n) is 2.41. The van der Waals surface area contributed by atoms with Crippen molar-refractivity contribution in [3.63, 3.8) is 0 Å². The van der Waals surface area contributed by atoms with Crippen LogP contribution in [0.4, 0.5) is 0 Å². The maximum atomic E-state index is 10.5. The minimum absolute atomic E-state index is 0.303. The zero-order valence-electron chi connectivity index (χ0n) is 7.00. The SMILES string of the molecule is CC(C)C1CN[C@H](C(=O)O)C1. The molecule has 0 bridgehead atoms. The van der Waals surface area contributed by atoms with Crippen LogP contribution in [0.3, 0.4) is 0 Å². The zero-order valence-corrected chi connectivity index (χ0v) is 7.00. The number of nitrogens with one attached hydrogen (secondary N) is 1. The lowest BCUT2D eigenvalue weighted by Gasteiger charge is -2.11. The molecular formula is C8H15NO2. The van der Waals surface area contributed by atoms with Gasteiger partial charge in [-0.05, 0) is 24.8 Å². The van der Waals surface area contributed by atoms with Crippen LogP contribution in [0.2, 0.25) is 0 Å². The van der Waals surface area contributed by atoms with Crippen molar-refractivity contribution in [2.75, 3.05) is 6.54 Å². The first kappa shape index (κ1) is 8.53. The fourth-order valence-electron chi connectivity index (χ4n) is 1.46. The van der Waals surface area contributed by atoms with E-state index in [0.717, 1.165) is 13.0 Å². The van der Waals surface area contributed by atoms with E-state index in [4.69, 9.17) is 5.11 Å². The Morgan fingerprint density at radius 3 is 2.55 bits per heavy atom. The summed E-state index contributed by atoms with van der Waals surface area (Å²) in [6.07, 6.45) is 0.785. The predicted molar refractivity (Wildman–Crippen MR) is 42.4 cm³/mol. The molecule has 1 saturated heterocycles. The first-order chi connectivity index (χ1) is 5.11. The van der Waals surface area contributed by atoms with E-state index >= 15 is 0 Å². The van der Waals surface area contributed by atoms with Crippen molar-refractivity contribution in [3.05, 3.63) is 0 Å². The van der Waals surface area contributed by atoms with Crippen molar-refractivity contribution in [3.8, 4) is 0 Å². The molecule has 1 rings (SSSR count). The number of hydrogen-bond acceptors (Lipinski definition) is 2. The van der Waals surface area contributed by atoms with Gasteiger partial charge in [0.2, 0.25) is 0 Å². The van der Waals surface area contributed by atoms with Crippen molar-refractivity contribution >= 4 is 5.97 Å². The molecule has 0 spiro atoms. The Labute approximate surface area is 66.8 Å². The van der Waals surface area contributed by atoms with E-state index in [0.29, 0.717) is 11.8 Å². The average molecular weight is 157 g/mol. The highest BCUT2D eigenvalue weighted by molar-refractivity contribution is 5.73. The average Bonchev–Trinajstić information content (AvgIpc) is 2.33. The molecule has 1 aliphatic rings. The molecule has 1 heterocycles. The molecule has 3 nitrogen and oxygen atoms in total. The molecule has 0 aliphatic carbocycles. The monoisotopic (exact) mass is 157 g/mol. The summed E-state index contributed by atoms with van der Waals surface area (Å²) in [6.45, 7) is 5.13. The smallest absolute Gasteiger partial charge is 0.320 e. The summed E-state index contributed by atoms with van der Waals surface area (Å²) in [5.41, 5.74) is 0. The number of aliphatic carboxylic acids is 1. The number of hydrogen-bond donors (Lipinski definition) is 2. The van der Waals surface area contributed by atoms with Crippen LogP contribution in [0, 0.1) is 11.8 Å². The summed E-state index contributed by atoms with van der Waals surface area (Å²) in [6, 6.07) is -0.303. The highest BCUT2D eigenvalue weighted by Gasteiger charge is 2.30.